The van der Waals surface area contributed by atoms with Gasteiger partial charge in [0.15, 0.2) is 5.84 Å². The number of aryl methyl sites for hydroxylation is 1. The molecule has 0 spiro atoms. The Kier molecular flexibility index (Phi) is 3.48. The maximum atomic E-state index is 11.9. The van der Waals surface area contributed by atoms with E-state index in [1.165, 1.54) is 5.56 Å². The van der Waals surface area contributed by atoms with Crippen LogP contribution in [0.1, 0.15) is 22.9 Å². The molecular formula is C16H14N2OS. The highest BCUT2D eigenvalue weighted by molar-refractivity contribution is 7.12. The van der Waals surface area contributed by atoms with Crippen molar-refractivity contribution in [1.29, 1.82) is 0 Å². The predicted octanol–water partition coefficient (Wildman–Crippen LogP) is 3.23. The Morgan fingerprint density at radius 2 is 2.05 bits per heavy atom. The number of carbonyl (C=O) groups is 1. The van der Waals surface area contributed by atoms with Crippen LogP contribution < -0.4 is 5.32 Å². The third-order valence-corrected chi connectivity index (χ3v) is 4.02. The molecule has 1 aromatic carbocycles. The predicted molar refractivity (Wildman–Crippen MR) is 82.8 cm³/mol. The summed E-state index contributed by atoms with van der Waals surface area (Å²) < 4.78 is 0. The van der Waals surface area contributed by atoms with Gasteiger partial charge in [-0.15, -0.1) is 11.3 Å². The van der Waals surface area contributed by atoms with Gasteiger partial charge in [0.05, 0.1) is 4.88 Å². The first-order chi connectivity index (χ1) is 9.76. The Balaban J connectivity index is 1.88. The molecule has 0 fully saturated rings. The number of amides is 1. The molecule has 1 aromatic heterocycles. The minimum Gasteiger partial charge on any atom is -0.304 e. The number of hydrogen-bond donors (Lipinski definition) is 1. The van der Waals surface area contributed by atoms with Gasteiger partial charge >= 0.3 is 0 Å². The Labute approximate surface area is 121 Å². The highest BCUT2D eigenvalue weighted by atomic mass is 32.1. The topological polar surface area (TPSA) is 41.5 Å². The zero-order valence-electron chi connectivity index (χ0n) is 11.1. The lowest BCUT2D eigenvalue weighted by atomic mass is 10.1. The molecule has 20 heavy (non-hydrogen) atoms. The number of hydrogen-bond acceptors (Lipinski definition) is 3. The molecule has 100 valence electrons. The SMILES string of the molecule is CCc1ccc(/C=C2/N=C(c3cccs3)NC2=O)cc1. The summed E-state index contributed by atoms with van der Waals surface area (Å²) in [5, 5.41) is 4.77. The zero-order chi connectivity index (χ0) is 13.9. The van der Waals surface area contributed by atoms with Crippen LogP contribution in [0, 0.1) is 0 Å². The van der Waals surface area contributed by atoms with E-state index in [-0.39, 0.29) is 5.91 Å². The molecule has 0 aliphatic carbocycles. The van der Waals surface area contributed by atoms with E-state index in [2.05, 4.69) is 29.4 Å². The fourth-order valence-electron chi connectivity index (χ4n) is 2.01. The fourth-order valence-corrected chi connectivity index (χ4v) is 2.68. The largest absolute Gasteiger partial charge is 0.304 e. The van der Waals surface area contributed by atoms with Gasteiger partial charge in [0.1, 0.15) is 5.70 Å². The van der Waals surface area contributed by atoms with Crippen LogP contribution in [0.5, 0.6) is 0 Å². The maximum absolute atomic E-state index is 11.9. The molecule has 1 N–H and O–H groups in total. The van der Waals surface area contributed by atoms with E-state index in [1.54, 1.807) is 11.3 Å². The lowest BCUT2D eigenvalue weighted by Gasteiger charge is -1.97. The molecule has 1 aliphatic heterocycles. The smallest absolute Gasteiger partial charge is 0.275 e. The first kappa shape index (κ1) is 12.8. The van der Waals surface area contributed by atoms with Crippen LogP contribution in [0.3, 0.4) is 0 Å². The molecule has 0 bridgehead atoms. The molecule has 0 radical (unpaired) electrons. The zero-order valence-corrected chi connectivity index (χ0v) is 11.9. The van der Waals surface area contributed by atoms with Gasteiger partial charge in [0.2, 0.25) is 0 Å². The summed E-state index contributed by atoms with van der Waals surface area (Å²) in [6, 6.07) is 12.1. The number of nitrogens with one attached hydrogen (secondary N) is 1. The van der Waals surface area contributed by atoms with Crippen molar-refractivity contribution in [2.24, 2.45) is 4.99 Å². The summed E-state index contributed by atoms with van der Waals surface area (Å²) >= 11 is 1.56. The Bertz CT molecular complexity index is 682. The van der Waals surface area contributed by atoms with Crippen LogP contribution in [0.2, 0.25) is 0 Å². The summed E-state index contributed by atoms with van der Waals surface area (Å²) in [5.74, 6) is 0.495. The van der Waals surface area contributed by atoms with Gasteiger partial charge in [0, 0.05) is 0 Å². The van der Waals surface area contributed by atoms with E-state index in [0.29, 0.717) is 11.5 Å². The fraction of sp³-hybridized carbons (Fsp3) is 0.125. The molecule has 0 unspecified atom stereocenters. The van der Waals surface area contributed by atoms with E-state index in [9.17, 15) is 4.79 Å². The number of amidine groups is 1. The molecule has 1 aliphatic rings. The second-order valence-corrected chi connectivity index (χ2v) is 5.46. The molecule has 0 saturated carbocycles. The number of rotatable bonds is 3. The van der Waals surface area contributed by atoms with Crippen molar-refractivity contribution in [3.05, 3.63) is 63.5 Å². The van der Waals surface area contributed by atoms with Crippen LogP contribution in [-0.2, 0) is 11.2 Å². The van der Waals surface area contributed by atoms with E-state index in [4.69, 9.17) is 0 Å². The maximum Gasteiger partial charge on any atom is 0.275 e. The highest BCUT2D eigenvalue weighted by Gasteiger charge is 2.21. The Hall–Kier alpha value is -2.20. The summed E-state index contributed by atoms with van der Waals surface area (Å²) in [4.78, 5) is 17.3. The summed E-state index contributed by atoms with van der Waals surface area (Å²) in [5.41, 5.74) is 2.73. The monoisotopic (exact) mass is 282 g/mol. The van der Waals surface area contributed by atoms with Crippen LogP contribution in [0.25, 0.3) is 6.08 Å². The normalized spacial score (nSPS) is 16.4. The average molecular weight is 282 g/mol. The lowest BCUT2D eigenvalue weighted by molar-refractivity contribution is -0.115. The second-order valence-electron chi connectivity index (χ2n) is 4.52. The standard InChI is InChI=1S/C16H14N2OS/c1-2-11-5-7-12(8-6-11)10-13-16(19)18-15(17-13)14-4-3-9-20-14/h3-10H,2H2,1H3,(H,17,18,19)/b13-10+. The van der Waals surface area contributed by atoms with Crippen LogP contribution >= 0.6 is 11.3 Å². The third-order valence-electron chi connectivity index (χ3n) is 3.14. The lowest BCUT2D eigenvalue weighted by Crippen LogP contribution is -2.23. The molecule has 3 rings (SSSR count). The van der Waals surface area contributed by atoms with Crippen molar-refractivity contribution in [3.63, 3.8) is 0 Å². The van der Waals surface area contributed by atoms with E-state index >= 15 is 0 Å². The van der Waals surface area contributed by atoms with E-state index in [0.717, 1.165) is 16.9 Å². The van der Waals surface area contributed by atoms with Crippen LogP contribution in [0.4, 0.5) is 0 Å². The number of carbonyl (C=O) groups excluding carboxylic acids is 1. The summed E-state index contributed by atoms with van der Waals surface area (Å²) in [7, 11) is 0. The molecule has 3 nitrogen and oxygen atoms in total. The van der Waals surface area contributed by atoms with Crippen LogP contribution in [-0.4, -0.2) is 11.7 Å². The molecule has 0 saturated heterocycles. The first-order valence-corrected chi connectivity index (χ1v) is 7.39. The van der Waals surface area contributed by atoms with Crippen molar-refractivity contribution in [2.75, 3.05) is 0 Å². The summed E-state index contributed by atoms with van der Waals surface area (Å²) in [6.45, 7) is 2.12. The Morgan fingerprint density at radius 1 is 1.25 bits per heavy atom. The van der Waals surface area contributed by atoms with Gasteiger partial charge in [-0.05, 0) is 35.1 Å². The first-order valence-electron chi connectivity index (χ1n) is 6.51. The second kappa shape index (κ2) is 5.43. The van der Waals surface area contributed by atoms with Gasteiger partial charge in [-0.25, -0.2) is 4.99 Å². The minimum atomic E-state index is -0.145. The van der Waals surface area contributed by atoms with Crippen molar-refractivity contribution < 1.29 is 4.79 Å². The average Bonchev–Trinajstić information content (AvgIpc) is 3.10. The van der Waals surface area contributed by atoms with Gasteiger partial charge in [0.25, 0.3) is 5.91 Å². The van der Waals surface area contributed by atoms with Crippen LogP contribution in [0.15, 0.2) is 52.5 Å². The van der Waals surface area contributed by atoms with Crippen molar-refractivity contribution in [2.45, 2.75) is 13.3 Å². The number of thiophene rings is 1. The molecule has 2 aromatic rings. The Morgan fingerprint density at radius 3 is 2.70 bits per heavy atom. The molecule has 1 amide bonds. The number of nitrogens with zero attached hydrogens (tertiary/aromatic N) is 1. The third kappa shape index (κ3) is 2.56. The summed E-state index contributed by atoms with van der Waals surface area (Å²) in [6.07, 6.45) is 2.83. The minimum absolute atomic E-state index is 0.145. The van der Waals surface area contributed by atoms with E-state index in [1.807, 2.05) is 35.7 Å². The van der Waals surface area contributed by atoms with Gasteiger partial charge in [-0.3, -0.25) is 4.79 Å². The van der Waals surface area contributed by atoms with E-state index < -0.39 is 0 Å². The molecular weight excluding hydrogens is 268 g/mol. The molecule has 2 heterocycles. The molecule has 0 atom stereocenters. The number of benzene rings is 1. The van der Waals surface area contributed by atoms with Gasteiger partial charge in [-0.2, -0.15) is 0 Å². The van der Waals surface area contributed by atoms with Crippen molar-refractivity contribution in [1.82, 2.24) is 5.32 Å². The highest BCUT2D eigenvalue weighted by Crippen LogP contribution is 2.18. The quantitative estimate of drug-likeness (QED) is 0.863. The molecule has 4 heteroatoms. The van der Waals surface area contributed by atoms with Gasteiger partial charge in [-0.1, -0.05) is 37.3 Å². The van der Waals surface area contributed by atoms with Crippen molar-refractivity contribution in [3.8, 4) is 0 Å². The number of aliphatic imine (C=N–C) groups is 1. The van der Waals surface area contributed by atoms with Crippen molar-refractivity contribution >= 4 is 29.2 Å². The van der Waals surface area contributed by atoms with Gasteiger partial charge < -0.3 is 5.32 Å².